The number of rotatable bonds is 4. The van der Waals surface area contributed by atoms with E-state index in [1.165, 1.54) is 5.56 Å². The van der Waals surface area contributed by atoms with E-state index in [-0.39, 0.29) is 6.54 Å². The van der Waals surface area contributed by atoms with E-state index in [9.17, 15) is 4.79 Å². The third-order valence-corrected chi connectivity index (χ3v) is 3.67. The van der Waals surface area contributed by atoms with Gasteiger partial charge in [0, 0.05) is 37.2 Å². The Bertz CT molecular complexity index is 400. The van der Waals surface area contributed by atoms with Gasteiger partial charge in [-0.15, -0.1) is 0 Å². The Morgan fingerprint density at radius 2 is 1.67 bits per heavy atom. The molecule has 5 heteroatoms. The number of hydrogen-bond acceptors (Lipinski definition) is 3. The fourth-order valence-corrected chi connectivity index (χ4v) is 2.41. The maximum Gasteiger partial charge on any atom is 0.317 e. The van der Waals surface area contributed by atoms with Crippen molar-refractivity contribution < 1.29 is 9.90 Å². The first-order valence-corrected chi connectivity index (χ1v) is 6.84. The zero-order chi connectivity index (χ0) is 13.0. The number of piperazine rings is 1. The van der Waals surface area contributed by atoms with Crippen LogP contribution in [0.2, 0.25) is 0 Å². The summed E-state index contributed by atoms with van der Waals surface area (Å²) in [6.07, 6.45) is 0. The van der Waals surface area contributed by atoms with Crippen LogP contribution in [-0.4, -0.2) is 53.6 Å². The molecule has 98 valence electrons. The highest BCUT2D eigenvalue weighted by Gasteiger charge is 2.18. The minimum atomic E-state index is -0.739. The summed E-state index contributed by atoms with van der Waals surface area (Å²) in [6.45, 7) is 4.64. The van der Waals surface area contributed by atoms with Gasteiger partial charge >= 0.3 is 5.97 Å². The number of carboxylic acid groups (broad SMARTS) is 1. The molecule has 0 aliphatic carbocycles. The molecule has 1 heterocycles. The Kier molecular flexibility index (Phi) is 4.74. The average Bonchev–Trinajstić information content (AvgIpc) is 2.34. The van der Waals surface area contributed by atoms with Crippen LogP contribution in [0.3, 0.4) is 0 Å². The Hall–Kier alpha value is -0.910. The fourth-order valence-electron chi connectivity index (χ4n) is 2.14. The van der Waals surface area contributed by atoms with Gasteiger partial charge < -0.3 is 5.11 Å². The van der Waals surface area contributed by atoms with Crippen molar-refractivity contribution in [1.29, 1.82) is 0 Å². The number of carboxylic acids is 1. The first-order chi connectivity index (χ1) is 8.63. The van der Waals surface area contributed by atoms with Crippen LogP contribution >= 0.6 is 15.9 Å². The van der Waals surface area contributed by atoms with Crippen LogP contribution in [0.15, 0.2) is 28.7 Å². The van der Waals surface area contributed by atoms with Crippen molar-refractivity contribution in [1.82, 2.24) is 9.80 Å². The third kappa shape index (κ3) is 4.08. The van der Waals surface area contributed by atoms with E-state index in [1.54, 1.807) is 0 Å². The van der Waals surface area contributed by atoms with E-state index < -0.39 is 5.97 Å². The van der Waals surface area contributed by atoms with Gasteiger partial charge in [-0.2, -0.15) is 0 Å². The summed E-state index contributed by atoms with van der Waals surface area (Å²) in [5, 5.41) is 8.73. The Morgan fingerprint density at radius 3 is 2.22 bits per heavy atom. The second-order valence-electron chi connectivity index (χ2n) is 4.57. The number of nitrogens with zero attached hydrogens (tertiary/aromatic N) is 2. The predicted molar refractivity (Wildman–Crippen MR) is 73.5 cm³/mol. The molecule has 1 aromatic carbocycles. The van der Waals surface area contributed by atoms with Gasteiger partial charge in [0.05, 0.1) is 6.54 Å². The first-order valence-electron chi connectivity index (χ1n) is 6.04. The molecular weight excluding hydrogens is 296 g/mol. The average molecular weight is 313 g/mol. The van der Waals surface area contributed by atoms with Crippen molar-refractivity contribution in [3.63, 3.8) is 0 Å². The van der Waals surface area contributed by atoms with E-state index in [4.69, 9.17) is 5.11 Å². The van der Waals surface area contributed by atoms with Crippen LogP contribution in [0.25, 0.3) is 0 Å². The van der Waals surface area contributed by atoms with Crippen molar-refractivity contribution >= 4 is 21.9 Å². The molecule has 1 aliphatic heterocycles. The maximum atomic E-state index is 10.6. The van der Waals surface area contributed by atoms with Crippen LogP contribution in [0.5, 0.6) is 0 Å². The summed E-state index contributed by atoms with van der Waals surface area (Å²) in [4.78, 5) is 15.0. The quantitative estimate of drug-likeness (QED) is 0.918. The Labute approximate surface area is 115 Å². The summed E-state index contributed by atoms with van der Waals surface area (Å²) in [5.41, 5.74) is 1.30. The molecule has 1 aliphatic rings. The van der Waals surface area contributed by atoms with Crippen molar-refractivity contribution in [2.24, 2.45) is 0 Å². The van der Waals surface area contributed by atoms with Crippen LogP contribution in [0, 0.1) is 0 Å². The number of carbonyl (C=O) groups is 1. The number of aliphatic carboxylic acids is 1. The lowest BCUT2D eigenvalue weighted by molar-refractivity contribution is -0.138. The van der Waals surface area contributed by atoms with Gasteiger partial charge in [-0.1, -0.05) is 28.1 Å². The maximum absolute atomic E-state index is 10.6. The highest BCUT2D eigenvalue weighted by molar-refractivity contribution is 9.10. The van der Waals surface area contributed by atoms with Gasteiger partial charge in [0.1, 0.15) is 0 Å². The minimum absolute atomic E-state index is 0.159. The van der Waals surface area contributed by atoms with Gasteiger partial charge in [0.25, 0.3) is 0 Å². The van der Waals surface area contributed by atoms with Crippen molar-refractivity contribution in [3.05, 3.63) is 34.3 Å². The van der Waals surface area contributed by atoms with Crippen LogP contribution in [-0.2, 0) is 11.3 Å². The van der Waals surface area contributed by atoms with E-state index in [2.05, 4.69) is 45.1 Å². The molecule has 2 rings (SSSR count). The van der Waals surface area contributed by atoms with Gasteiger partial charge in [-0.25, -0.2) is 0 Å². The van der Waals surface area contributed by atoms with Gasteiger partial charge in [-0.05, 0) is 17.7 Å². The smallest absolute Gasteiger partial charge is 0.317 e. The molecule has 0 radical (unpaired) electrons. The van der Waals surface area contributed by atoms with Crippen molar-refractivity contribution in [2.75, 3.05) is 32.7 Å². The summed E-state index contributed by atoms with van der Waals surface area (Å²) in [5.74, 6) is -0.739. The summed E-state index contributed by atoms with van der Waals surface area (Å²) in [6, 6.07) is 8.34. The summed E-state index contributed by atoms with van der Waals surface area (Å²) >= 11 is 3.43. The molecule has 0 saturated carbocycles. The van der Waals surface area contributed by atoms with Crippen LogP contribution < -0.4 is 0 Å². The Morgan fingerprint density at radius 1 is 1.11 bits per heavy atom. The lowest BCUT2D eigenvalue weighted by Gasteiger charge is -2.33. The number of hydrogen-bond donors (Lipinski definition) is 1. The largest absolute Gasteiger partial charge is 0.480 e. The monoisotopic (exact) mass is 312 g/mol. The predicted octanol–water partition coefficient (Wildman–Crippen LogP) is 1.65. The molecule has 1 N–H and O–H groups in total. The molecule has 18 heavy (non-hydrogen) atoms. The molecule has 0 bridgehead atoms. The SMILES string of the molecule is O=C(O)CN1CCN(Cc2ccc(Br)cc2)CC1. The lowest BCUT2D eigenvalue weighted by Crippen LogP contribution is -2.47. The third-order valence-electron chi connectivity index (χ3n) is 3.14. The Balaban J connectivity index is 1.79. The molecule has 0 amide bonds. The molecular formula is C13H17BrN2O2. The molecule has 1 saturated heterocycles. The van der Waals surface area contributed by atoms with Gasteiger partial charge in [0.15, 0.2) is 0 Å². The van der Waals surface area contributed by atoms with E-state index in [1.807, 2.05) is 4.90 Å². The van der Waals surface area contributed by atoms with Gasteiger partial charge in [-0.3, -0.25) is 14.6 Å². The zero-order valence-electron chi connectivity index (χ0n) is 10.2. The standard InChI is InChI=1S/C13H17BrN2O2/c14-12-3-1-11(2-4-12)9-15-5-7-16(8-6-15)10-13(17)18/h1-4H,5-10H2,(H,17,18). The minimum Gasteiger partial charge on any atom is -0.480 e. The molecule has 0 aromatic heterocycles. The van der Waals surface area contributed by atoms with Crippen molar-refractivity contribution in [2.45, 2.75) is 6.54 Å². The number of halogens is 1. The summed E-state index contributed by atoms with van der Waals surface area (Å²) < 4.78 is 1.09. The topological polar surface area (TPSA) is 43.8 Å². The van der Waals surface area contributed by atoms with Gasteiger partial charge in [0.2, 0.25) is 0 Å². The van der Waals surface area contributed by atoms with Crippen LogP contribution in [0.1, 0.15) is 5.56 Å². The molecule has 0 spiro atoms. The van der Waals surface area contributed by atoms with Crippen molar-refractivity contribution in [3.8, 4) is 0 Å². The molecule has 4 nitrogen and oxygen atoms in total. The van der Waals surface area contributed by atoms with E-state index in [0.717, 1.165) is 37.2 Å². The highest BCUT2D eigenvalue weighted by atomic mass is 79.9. The normalized spacial score (nSPS) is 17.8. The fraction of sp³-hybridized carbons (Fsp3) is 0.462. The van der Waals surface area contributed by atoms with E-state index in [0.29, 0.717) is 0 Å². The molecule has 1 fully saturated rings. The lowest BCUT2D eigenvalue weighted by atomic mass is 10.2. The first kappa shape index (κ1) is 13.5. The zero-order valence-corrected chi connectivity index (χ0v) is 11.8. The number of benzene rings is 1. The second kappa shape index (κ2) is 6.31. The second-order valence-corrected chi connectivity index (χ2v) is 5.49. The highest BCUT2D eigenvalue weighted by Crippen LogP contribution is 2.13. The molecule has 0 atom stereocenters. The molecule has 1 aromatic rings. The molecule has 0 unspecified atom stereocenters. The van der Waals surface area contributed by atoms with Crippen LogP contribution in [0.4, 0.5) is 0 Å². The summed E-state index contributed by atoms with van der Waals surface area (Å²) in [7, 11) is 0. The van der Waals surface area contributed by atoms with E-state index >= 15 is 0 Å².